The number of benzene rings is 2. The van der Waals surface area contributed by atoms with E-state index in [-0.39, 0.29) is 22.7 Å². The van der Waals surface area contributed by atoms with Gasteiger partial charge in [0.05, 0.1) is 4.92 Å². The van der Waals surface area contributed by atoms with Crippen molar-refractivity contribution in [3.05, 3.63) is 74.8 Å². The van der Waals surface area contributed by atoms with Crippen LogP contribution >= 0.6 is 11.6 Å². The van der Waals surface area contributed by atoms with E-state index in [9.17, 15) is 72.0 Å². The van der Waals surface area contributed by atoms with Crippen molar-refractivity contribution >= 4 is 35.0 Å². The molecule has 7 nitrogen and oxygen atoms in total. The number of alkyl halides is 13. The quantitative estimate of drug-likeness (QED) is 0.115. The van der Waals surface area contributed by atoms with Crippen molar-refractivity contribution in [2.75, 3.05) is 5.32 Å². The molecule has 0 unspecified atom stereocenters. The van der Waals surface area contributed by atoms with E-state index in [1.54, 1.807) is 0 Å². The van der Waals surface area contributed by atoms with E-state index in [0.29, 0.717) is 12.1 Å². The molecule has 1 amide bonds. The molecule has 0 saturated carbocycles. The Bertz CT molecular complexity index is 1370. The first-order valence-corrected chi connectivity index (χ1v) is 10.6. The van der Waals surface area contributed by atoms with Gasteiger partial charge in [-0.2, -0.15) is 43.9 Å². The zero-order chi connectivity index (χ0) is 32.5. The van der Waals surface area contributed by atoms with Crippen LogP contribution in [0.3, 0.4) is 0 Å². The molecular formula is C21H10ClF13N2O5. The van der Waals surface area contributed by atoms with Gasteiger partial charge >= 0.3 is 36.5 Å². The first-order valence-electron chi connectivity index (χ1n) is 10.2. The third-order valence-electron chi connectivity index (χ3n) is 4.68. The van der Waals surface area contributed by atoms with Crippen LogP contribution in [0.4, 0.5) is 68.5 Å². The van der Waals surface area contributed by atoms with Gasteiger partial charge in [0, 0.05) is 23.4 Å². The fraction of sp³-hybridized carbons (Fsp3) is 0.286. The van der Waals surface area contributed by atoms with Gasteiger partial charge < -0.3 is 5.32 Å². The van der Waals surface area contributed by atoms with Crippen molar-refractivity contribution in [2.24, 2.45) is 0 Å². The van der Waals surface area contributed by atoms with Gasteiger partial charge in [-0.05, 0) is 29.8 Å². The van der Waals surface area contributed by atoms with Crippen molar-refractivity contribution in [1.82, 2.24) is 0 Å². The van der Waals surface area contributed by atoms with Gasteiger partial charge in [0.1, 0.15) is 5.02 Å². The lowest BCUT2D eigenvalue weighted by atomic mass is 10.1. The molecule has 0 aliphatic carbocycles. The average molecular weight is 653 g/mol. The average Bonchev–Trinajstić information content (AvgIpc) is 2.81. The number of ether oxygens (including phenoxy) is 2. The standard InChI is InChI=1S/C21H10ClF13N2O5/c22-13-6-4-10(8-14(13)37(39)40)5-7-15(38)36-12-3-1-2-11(9-12)16(23,24)18(27,28)41-19(29,30)17(25,26)20(31,32)42-21(33,34)35/h1-9H,(H,36,38)/b7-5+. The summed E-state index contributed by atoms with van der Waals surface area (Å²) in [7, 11) is 0. The van der Waals surface area contributed by atoms with Gasteiger partial charge in [-0.3, -0.25) is 14.9 Å². The monoisotopic (exact) mass is 652 g/mol. The molecule has 1 N–H and O–H groups in total. The second kappa shape index (κ2) is 11.6. The number of hydrogen-bond donors (Lipinski definition) is 1. The highest BCUT2D eigenvalue weighted by atomic mass is 35.5. The normalized spacial score (nSPS) is 13.9. The van der Waals surface area contributed by atoms with Gasteiger partial charge in [-0.25, -0.2) is 9.47 Å². The number of halogens is 14. The van der Waals surface area contributed by atoms with Crippen LogP contribution in [0, 0.1) is 10.1 Å². The number of rotatable bonds is 11. The van der Waals surface area contributed by atoms with E-state index in [1.807, 2.05) is 10.1 Å². The molecule has 0 radical (unpaired) electrons. The van der Waals surface area contributed by atoms with Crippen LogP contribution in [-0.2, 0) is 20.2 Å². The highest BCUT2D eigenvalue weighted by molar-refractivity contribution is 6.32. The zero-order valence-corrected chi connectivity index (χ0v) is 20.2. The van der Waals surface area contributed by atoms with Crippen LogP contribution in [-0.4, -0.2) is 41.4 Å². The topological polar surface area (TPSA) is 90.7 Å². The molecule has 2 aromatic rings. The zero-order valence-electron chi connectivity index (χ0n) is 19.5. The van der Waals surface area contributed by atoms with Gasteiger partial charge in [0.2, 0.25) is 5.91 Å². The maximum absolute atomic E-state index is 14.4. The first kappa shape index (κ1) is 34.6. The summed E-state index contributed by atoms with van der Waals surface area (Å²) in [5, 5.41) is 12.5. The number of carbonyl (C=O) groups is 1. The molecule has 42 heavy (non-hydrogen) atoms. The number of nitro groups is 1. The summed E-state index contributed by atoms with van der Waals surface area (Å²) < 4.78 is 176. The molecule has 0 heterocycles. The minimum absolute atomic E-state index is 0.00615. The third-order valence-corrected chi connectivity index (χ3v) is 5.00. The van der Waals surface area contributed by atoms with Gasteiger partial charge in [-0.1, -0.05) is 29.8 Å². The molecule has 2 aromatic carbocycles. The molecule has 0 bridgehead atoms. The smallest absolute Gasteiger partial charge is 0.322 e. The van der Waals surface area contributed by atoms with E-state index in [0.717, 1.165) is 24.3 Å². The highest BCUT2D eigenvalue weighted by Gasteiger charge is 2.80. The predicted molar refractivity (Wildman–Crippen MR) is 114 cm³/mol. The second-order valence-corrected chi connectivity index (χ2v) is 8.13. The third kappa shape index (κ3) is 7.59. The lowest BCUT2D eigenvalue weighted by Gasteiger charge is -2.35. The SMILES string of the molecule is O=C(/C=C/c1ccc(Cl)c([N+](=O)[O-])c1)Nc1cccc(C(F)(F)C(F)(F)OC(F)(F)C(F)(F)C(F)(F)OC(F)(F)F)c1. The fourth-order valence-corrected chi connectivity index (χ4v) is 2.94. The molecule has 0 aliphatic rings. The summed E-state index contributed by atoms with van der Waals surface area (Å²) >= 11 is 5.62. The summed E-state index contributed by atoms with van der Waals surface area (Å²) in [6.07, 6.45) is -26.5. The molecule has 0 fully saturated rings. The molecule has 0 spiro atoms. The van der Waals surface area contributed by atoms with Gasteiger partial charge in [-0.15, -0.1) is 13.2 Å². The number of carbonyl (C=O) groups excluding carboxylic acids is 1. The van der Waals surface area contributed by atoms with Crippen LogP contribution in [0.25, 0.3) is 6.08 Å². The lowest BCUT2D eigenvalue weighted by Crippen LogP contribution is -2.61. The summed E-state index contributed by atoms with van der Waals surface area (Å²) in [6.45, 7) is 0. The number of nitro benzene ring substituents is 1. The Labute approximate surface area is 228 Å². The minimum Gasteiger partial charge on any atom is -0.322 e. The van der Waals surface area contributed by atoms with E-state index >= 15 is 0 Å². The molecular weight excluding hydrogens is 643 g/mol. The van der Waals surface area contributed by atoms with Crippen LogP contribution in [0.5, 0.6) is 0 Å². The molecule has 0 atom stereocenters. The van der Waals surface area contributed by atoms with E-state index in [2.05, 4.69) is 0 Å². The number of nitrogens with one attached hydrogen (secondary N) is 1. The summed E-state index contributed by atoms with van der Waals surface area (Å²) in [5.41, 5.74) is -3.32. The summed E-state index contributed by atoms with van der Waals surface area (Å²) in [4.78, 5) is 22.1. The lowest BCUT2D eigenvalue weighted by molar-refractivity contribution is -0.535. The Kier molecular flexibility index (Phi) is 9.51. The Hall–Kier alpha value is -3.65. The Morgan fingerprint density at radius 3 is 1.95 bits per heavy atom. The van der Waals surface area contributed by atoms with Crippen LogP contribution in [0.15, 0.2) is 48.5 Å². The molecule has 2 rings (SSSR count). The van der Waals surface area contributed by atoms with E-state index in [4.69, 9.17) is 11.6 Å². The second-order valence-electron chi connectivity index (χ2n) is 7.72. The molecule has 232 valence electrons. The number of hydrogen-bond acceptors (Lipinski definition) is 5. The summed E-state index contributed by atoms with van der Waals surface area (Å²) in [6, 6.07) is 4.59. The fourth-order valence-electron chi connectivity index (χ4n) is 2.76. The van der Waals surface area contributed by atoms with Crippen LogP contribution < -0.4 is 5.32 Å². The highest BCUT2D eigenvalue weighted by Crippen LogP contribution is 2.54. The molecule has 0 aromatic heterocycles. The van der Waals surface area contributed by atoms with E-state index in [1.165, 1.54) is 10.8 Å². The van der Waals surface area contributed by atoms with Crippen molar-refractivity contribution in [3.8, 4) is 0 Å². The molecule has 0 aliphatic heterocycles. The van der Waals surface area contributed by atoms with Crippen molar-refractivity contribution in [1.29, 1.82) is 0 Å². The summed E-state index contributed by atoms with van der Waals surface area (Å²) in [5.74, 6) is -14.8. The number of amides is 1. The Morgan fingerprint density at radius 1 is 0.833 bits per heavy atom. The Balaban J connectivity index is 2.28. The van der Waals surface area contributed by atoms with Crippen LogP contribution in [0.2, 0.25) is 5.02 Å². The predicted octanol–water partition coefficient (Wildman–Crippen LogP) is 7.96. The van der Waals surface area contributed by atoms with Gasteiger partial charge in [0.15, 0.2) is 0 Å². The molecule has 21 heteroatoms. The Morgan fingerprint density at radius 2 is 1.40 bits per heavy atom. The van der Waals surface area contributed by atoms with Crippen molar-refractivity contribution < 1.29 is 76.3 Å². The number of nitrogens with zero attached hydrogens (tertiary/aromatic N) is 1. The largest absolute Gasteiger partial charge is 0.527 e. The van der Waals surface area contributed by atoms with Gasteiger partial charge in [0.25, 0.3) is 5.69 Å². The molecule has 0 saturated heterocycles. The van der Waals surface area contributed by atoms with Crippen molar-refractivity contribution in [3.63, 3.8) is 0 Å². The number of anilines is 1. The van der Waals surface area contributed by atoms with E-state index < -0.39 is 64.3 Å². The first-order chi connectivity index (χ1) is 18.8. The minimum atomic E-state index is -7.57. The van der Waals surface area contributed by atoms with Crippen LogP contribution in [0.1, 0.15) is 11.1 Å². The maximum atomic E-state index is 14.4. The maximum Gasteiger partial charge on any atom is 0.527 e. The van der Waals surface area contributed by atoms with Crippen molar-refractivity contribution in [2.45, 2.75) is 36.5 Å².